The summed E-state index contributed by atoms with van der Waals surface area (Å²) in [5.74, 6) is -1.26. The summed E-state index contributed by atoms with van der Waals surface area (Å²) in [7, 11) is 0. The first-order valence-electron chi connectivity index (χ1n) is 7.93. The lowest BCUT2D eigenvalue weighted by Gasteiger charge is -2.24. The van der Waals surface area contributed by atoms with Crippen molar-refractivity contribution in [2.75, 3.05) is 12.4 Å². The van der Waals surface area contributed by atoms with Gasteiger partial charge in [-0.3, -0.25) is 0 Å². The Labute approximate surface area is 151 Å². The van der Waals surface area contributed by atoms with Gasteiger partial charge in [0.2, 0.25) is 0 Å². The minimum absolute atomic E-state index is 0.0352. The molecule has 0 saturated heterocycles. The molecule has 0 aromatic heterocycles. The van der Waals surface area contributed by atoms with Crippen LogP contribution in [0.25, 0.3) is 11.1 Å². The average molecular weight is 357 g/mol. The number of benzene rings is 2. The molecule has 130 valence electrons. The number of nitrogens with one attached hydrogen (secondary N) is 1. The van der Waals surface area contributed by atoms with E-state index >= 15 is 0 Å². The normalized spacial score (nSPS) is 15.0. The van der Waals surface area contributed by atoms with Crippen LogP contribution in [0.1, 0.15) is 24.0 Å². The first-order valence-corrected chi connectivity index (χ1v) is 8.57. The van der Waals surface area contributed by atoms with Crippen molar-refractivity contribution < 1.29 is 19.4 Å². The molecule has 1 aliphatic rings. The second-order valence-electron chi connectivity index (χ2n) is 6.25. The lowest BCUT2D eigenvalue weighted by Crippen LogP contribution is -2.54. The molecule has 0 spiro atoms. The quantitative estimate of drug-likeness (QED) is 0.718. The highest BCUT2D eigenvalue weighted by atomic mass is 32.1. The highest BCUT2D eigenvalue weighted by Gasteiger charge is 2.35. The SMILES string of the molecule is C[C@@](CS)(NC(=O)OCC1c2ccccc2-c2ccccc21)C(=O)O. The zero-order valence-corrected chi connectivity index (χ0v) is 14.6. The van der Waals surface area contributed by atoms with Crippen LogP contribution in [-0.4, -0.2) is 35.1 Å². The molecule has 5 nitrogen and oxygen atoms in total. The summed E-state index contributed by atoms with van der Waals surface area (Å²) < 4.78 is 5.34. The van der Waals surface area contributed by atoms with Crippen molar-refractivity contribution in [3.8, 4) is 11.1 Å². The standard InChI is InChI=1S/C19H19NO4S/c1-19(11-25,17(21)22)20-18(23)24-10-16-14-8-4-2-6-12(14)13-7-3-5-9-15(13)16/h2-9,16,25H,10-11H2,1H3,(H,20,23)(H,21,22)/t19-/m0/s1. The highest BCUT2D eigenvalue weighted by molar-refractivity contribution is 7.80. The van der Waals surface area contributed by atoms with Gasteiger partial charge in [0.1, 0.15) is 12.1 Å². The number of ether oxygens (including phenoxy) is 1. The third kappa shape index (κ3) is 3.22. The number of rotatable bonds is 5. The summed E-state index contributed by atoms with van der Waals surface area (Å²) in [6, 6.07) is 16.0. The summed E-state index contributed by atoms with van der Waals surface area (Å²) in [6.45, 7) is 1.53. The van der Waals surface area contributed by atoms with Crippen molar-refractivity contribution in [2.45, 2.75) is 18.4 Å². The molecule has 6 heteroatoms. The van der Waals surface area contributed by atoms with Gasteiger partial charge in [0.25, 0.3) is 0 Å². The van der Waals surface area contributed by atoms with Crippen LogP contribution in [0.5, 0.6) is 0 Å². The zero-order valence-electron chi connectivity index (χ0n) is 13.7. The van der Waals surface area contributed by atoms with E-state index in [4.69, 9.17) is 4.74 Å². The molecule has 0 saturated carbocycles. The van der Waals surface area contributed by atoms with Crippen LogP contribution in [-0.2, 0) is 9.53 Å². The van der Waals surface area contributed by atoms with Gasteiger partial charge < -0.3 is 15.2 Å². The molecule has 2 N–H and O–H groups in total. The lowest BCUT2D eigenvalue weighted by atomic mass is 9.98. The van der Waals surface area contributed by atoms with Gasteiger partial charge in [-0.2, -0.15) is 12.6 Å². The highest BCUT2D eigenvalue weighted by Crippen LogP contribution is 2.44. The van der Waals surface area contributed by atoms with E-state index in [1.807, 2.05) is 36.4 Å². The maximum atomic E-state index is 12.1. The van der Waals surface area contributed by atoms with E-state index in [0.29, 0.717) is 0 Å². The Kier molecular flexibility index (Phi) is 4.72. The number of carbonyl (C=O) groups excluding carboxylic acids is 1. The molecular formula is C19H19NO4S. The van der Waals surface area contributed by atoms with Crippen LogP contribution in [0.15, 0.2) is 48.5 Å². The van der Waals surface area contributed by atoms with E-state index in [-0.39, 0.29) is 18.3 Å². The molecule has 1 atom stereocenters. The van der Waals surface area contributed by atoms with Crippen molar-refractivity contribution >= 4 is 24.7 Å². The molecule has 1 amide bonds. The third-order valence-electron chi connectivity index (χ3n) is 4.51. The predicted molar refractivity (Wildman–Crippen MR) is 98.1 cm³/mol. The maximum Gasteiger partial charge on any atom is 0.408 e. The number of hydrogen-bond acceptors (Lipinski definition) is 4. The third-order valence-corrected chi connectivity index (χ3v) is 5.14. The summed E-state index contributed by atoms with van der Waals surface area (Å²) in [5, 5.41) is 11.6. The van der Waals surface area contributed by atoms with Crippen LogP contribution in [0.2, 0.25) is 0 Å². The van der Waals surface area contributed by atoms with E-state index < -0.39 is 17.6 Å². The fourth-order valence-corrected chi connectivity index (χ4v) is 3.23. The molecule has 0 heterocycles. The Morgan fingerprint density at radius 1 is 1.12 bits per heavy atom. The minimum atomic E-state index is -1.47. The Morgan fingerprint density at radius 3 is 2.12 bits per heavy atom. The number of fused-ring (bicyclic) bond motifs is 3. The monoisotopic (exact) mass is 357 g/mol. The lowest BCUT2D eigenvalue weighted by molar-refractivity contribution is -0.142. The topological polar surface area (TPSA) is 75.6 Å². The Hall–Kier alpha value is -2.47. The van der Waals surface area contributed by atoms with Gasteiger partial charge in [-0.05, 0) is 29.2 Å². The average Bonchev–Trinajstić information content (AvgIpc) is 2.94. The Morgan fingerprint density at radius 2 is 1.64 bits per heavy atom. The van der Waals surface area contributed by atoms with Crippen molar-refractivity contribution in [2.24, 2.45) is 0 Å². The van der Waals surface area contributed by atoms with Crippen LogP contribution >= 0.6 is 12.6 Å². The molecule has 0 fully saturated rings. The van der Waals surface area contributed by atoms with Crippen molar-refractivity contribution in [3.05, 3.63) is 59.7 Å². The molecule has 0 bridgehead atoms. The van der Waals surface area contributed by atoms with Gasteiger partial charge in [-0.1, -0.05) is 48.5 Å². The second-order valence-corrected chi connectivity index (χ2v) is 6.56. The first-order chi connectivity index (χ1) is 12.0. The molecule has 2 aromatic carbocycles. The fourth-order valence-electron chi connectivity index (χ4n) is 3.02. The van der Waals surface area contributed by atoms with Crippen molar-refractivity contribution in [3.63, 3.8) is 0 Å². The summed E-state index contributed by atoms with van der Waals surface area (Å²) >= 11 is 3.99. The summed E-state index contributed by atoms with van der Waals surface area (Å²) in [5.41, 5.74) is 3.01. The maximum absolute atomic E-state index is 12.1. The molecule has 1 aliphatic carbocycles. The number of hydrogen-bond donors (Lipinski definition) is 3. The molecule has 2 aromatic rings. The molecule has 25 heavy (non-hydrogen) atoms. The molecular weight excluding hydrogens is 338 g/mol. The van der Waals surface area contributed by atoms with Gasteiger partial charge in [0.05, 0.1) is 0 Å². The smallest absolute Gasteiger partial charge is 0.408 e. The van der Waals surface area contributed by atoms with Crippen LogP contribution < -0.4 is 5.32 Å². The zero-order chi connectivity index (χ0) is 18.0. The van der Waals surface area contributed by atoms with E-state index in [9.17, 15) is 14.7 Å². The van der Waals surface area contributed by atoms with E-state index in [0.717, 1.165) is 22.3 Å². The fraction of sp³-hybridized carbons (Fsp3) is 0.263. The molecule has 0 radical (unpaired) electrons. The van der Waals surface area contributed by atoms with Gasteiger partial charge >= 0.3 is 12.1 Å². The number of thiol groups is 1. The van der Waals surface area contributed by atoms with E-state index in [1.54, 1.807) is 0 Å². The number of aliphatic carboxylic acids is 1. The van der Waals surface area contributed by atoms with Crippen LogP contribution in [0.3, 0.4) is 0 Å². The van der Waals surface area contributed by atoms with Gasteiger partial charge in [-0.15, -0.1) is 0 Å². The number of carboxylic acid groups (broad SMARTS) is 1. The largest absolute Gasteiger partial charge is 0.479 e. The van der Waals surface area contributed by atoms with E-state index in [2.05, 4.69) is 30.1 Å². The summed E-state index contributed by atoms with van der Waals surface area (Å²) in [6.07, 6.45) is -0.763. The van der Waals surface area contributed by atoms with Gasteiger partial charge in [0.15, 0.2) is 0 Å². The second kappa shape index (κ2) is 6.80. The predicted octanol–water partition coefficient (Wildman–Crippen LogP) is 3.30. The number of alkyl carbamates (subject to hydrolysis) is 1. The number of amides is 1. The van der Waals surface area contributed by atoms with Crippen LogP contribution in [0, 0.1) is 0 Å². The summed E-state index contributed by atoms with van der Waals surface area (Å²) in [4.78, 5) is 23.3. The van der Waals surface area contributed by atoms with Gasteiger partial charge in [0, 0.05) is 11.7 Å². The molecule has 0 unspecified atom stereocenters. The Bertz CT molecular complexity index is 777. The number of carbonyl (C=O) groups is 2. The van der Waals surface area contributed by atoms with Gasteiger partial charge in [-0.25, -0.2) is 9.59 Å². The van der Waals surface area contributed by atoms with Crippen molar-refractivity contribution in [1.82, 2.24) is 5.32 Å². The van der Waals surface area contributed by atoms with Crippen molar-refractivity contribution in [1.29, 1.82) is 0 Å². The van der Waals surface area contributed by atoms with E-state index in [1.165, 1.54) is 6.92 Å². The molecule has 3 rings (SSSR count). The minimum Gasteiger partial charge on any atom is -0.479 e. The van der Waals surface area contributed by atoms with Crippen LogP contribution in [0.4, 0.5) is 4.79 Å². The Balaban J connectivity index is 1.76. The number of carboxylic acids is 1. The molecule has 0 aliphatic heterocycles. The first kappa shape index (κ1) is 17.4.